The Morgan fingerprint density at radius 1 is 1.37 bits per heavy atom. The monoisotopic (exact) mass is 392 g/mol. The number of aryl methyl sites for hydroxylation is 1. The fourth-order valence-corrected chi connectivity index (χ4v) is 4.12. The minimum Gasteiger partial charge on any atom is -0.444 e. The molecular weight excluding hydrogens is 371 g/mol. The maximum Gasteiger partial charge on any atom is 0.410 e. The summed E-state index contributed by atoms with van der Waals surface area (Å²) in [5.41, 5.74) is 1.57. The molecule has 27 heavy (non-hydrogen) atoms. The molecule has 1 saturated heterocycles. The van der Waals surface area contributed by atoms with Gasteiger partial charge in [-0.05, 0) is 39.2 Å². The second-order valence-electron chi connectivity index (χ2n) is 8.19. The molecule has 2 atom stereocenters. The van der Waals surface area contributed by atoms with Gasteiger partial charge in [0.15, 0.2) is 11.0 Å². The predicted molar refractivity (Wildman–Crippen MR) is 101 cm³/mol. The summed E-state index contributed by atoms with van der Waals surface area (Å²) in [7, 11) is 1.69. The fraction of sp³-hybridized carbons (Fsp3) is 0.526. The molecule has 0 spiro atoms. The second-order valence-corrected chi connectivity index (χ2v) is 8.55. The Balaban J connectivity index is 1.71. The zero-order chi connectivity index (χ0) is 19.5. The molecule has 6 nitrogen and oxygen atoms in total. The van der Waals surface area contributed by atoms with Crippen LogP contribution in [0.5, 0.6) is 0 Å². The lowest BCUT2D eigenvalue weighted by Gasteiger charge is -2.44. The van der Waals surface area contributed by atoms with Gasteiger partial charge in [-0.1, -0.05) is 17.7 Å². The van der Waals surface area contributed by atoms with Crippen LogP contribution in [0.2, 0.25) is 5.15 Å². The van der Waals surface area contributed by atoms with E-state index in [0.29, 0.717) is 23.1 Å². The van der Waals surface area contributed by atoms with Gasteiger partial charge in [-0.15, -0.1) is 0 Å². The molecule has 0 radical (unpaired) electrons. The summed E-state index contributed by atoms with van der Waals surface area (Å²) in [6.45, 7) is 6.16. The van der Waals surface area contributed by atoms with Crippen molar-refractivity contribution in [2.24, 2.45) is 13.0 Å². The first kappa shape index (κ1) is 18.2. The summed E-state index contributed by atoms with van der Waals surface area (Å²) in [6, 6.07) is -0.0398. The van der Waals surface area contributed by atoms with Crippen molar-refractivity contribution in [3.63, 3.8) is 0 Å². The maximum absolute atomic E-state index is 14.4. The quantitative estimate of drug-likeness (QED) is 0.683. The number of aromatic nitrogens is 3. The lowest BCUT2D eigenvalue weighted by atomic mass is 9.78. The first-order valence-electron chi connectivity index (χ1n) is 9.04. The van der Waals surface area contributed by atoms with Crippen LogP contribution in [0.1, 0.15) is 39.3 Å². The van der Waals surface area contributed by atoms with Crippen molar-refractivity contribution >= 4 is 34.2 Å². The van der Waals surface area contributed by atoms with Gasteiger partial charge in [0.2, 0.25) is 0 Å². The summed E-state index contributed by atoms with van der Waals surface area (Å²) < 4.78 is 21.4. The van der Waals surface area contributed by atoms with Crippen molar-refractivity contribution in [3.8, 4) is 0 Å². The Hall–Kier alpha value is -2.15. The molecule has 0 saturated carbocycles. The lowest BCUT2D eigenvalue weighted by Crippen LogP contribution is -2.51. The Kier molecular flexibility index (Phi) is 4.18. The van der Waals surface area contributed by atoms with Crippen molar-refractivity contribution in [1.82, 2.24) is 19.7 Å². The van der Waals surface area contributed by atoms with Crippen LogP contribution >= 0.6 is 11.6 Å². The van der Waals surface area contributed by atoms with Crippen molar-refractivity contribution in [3.05, 3.63) is 28.9 Å². The summed E-state index contributed by atoms with van der Waals surface area (Å²) in [5.74, 6) is -0.424. The van der Waals surface area contributed by atoms with Crippen molar-refractivity contribution < 1.29 is 13.9 Å². The number of fused-ring (bicyclic) bond motifs is 3. The third kappa shape index (κ3) is 3.08. The fourth-order valence-electron chi connectivity index (χ4n) is 3.98. The normalized spacial score (nSPS) is 22.3. The number of ether oxygens (including phenoxy) is 1. The van der Waals surface area contributed by atoms with Crippen LogP contribution in [0.15, 0.2) is 12.3 Å². The first-order valence-corrected chi connectivity index (χ1v) is 9.42. The number of pyridine rings is 1. The molecule has 1 amide bonds. The van der Waals surface area contributed by atoms with Gasteiger partial charge in [0.05, 0.1) is 11.7 Å². The molecular formula is C19H22ClFN4O2. The minimum absolute atomic E-state index is 0.0398. The third-order valence-electron chi connectivity index (χ3n) is 5.12. The van der Waals surface area contributed by atoms with E-state index in [4.69, 9.17) is 16.3 Å². The number of halogens is 2. The van der Waals surface area contributed by atoms with Gasteiger partial charge >= 0.3 is 6.09 Å². The summed E-state index contributed by atoms with van der Waals surface area (Å²) in [4.78, 5) is 18.3. The zero-order valence-corrected chi connectivity index (χ0v) is 16.5. The molecule has 2 aromatic heterocycles. The standard InChI is InChI=1S/C19H22ClFN4O2/c1-19(2,3)27-18(26)25-9-10-5-6-11(25)7-12(10)15-13-8-22-17(20)14(21)16(13)24(4)23-15/h7-8,10-11H,5-6,9H2,1-4H3. The number of carbonyl (C=O) groups excluding carboxylic acids is 1. The van der Waals surface area contributed by atoms with Crippen LogP contribution in [0, 0.1) is 11.7 Å². The third-order valence-corrected chi connectivity index (χ3v) is 5.38. The second kappa shape index (κ2) is 6.19. The number of amides is 1. The van der Waals surface area contributed by atoms with Crippen LogP contribution in [0.3, 0.4) is 0 Å². The highest BCUT2D eigenvalue weighted by Crippen LogP contribution is 2.42. The van der Waals surface area contributed by atoms with E-state index in [0.717, 1.165) is 18.4 Å². The summed E-state index contributed by atoms with van der Waals surface area (Å²) in [6.07, 6.45) is 5.18. The van der Waals surface area contributed by atoms with Gasteiger partial charge < -0.3 is 9.64 Å². The Morgan fingerprint density at radius 3 is 2.74 bits per heavy atom. The van der Waals surface area contributed by atoms with Crippen LogP contribution in [0.25, 0.3) is 16.5 Å². The highest BCUT2D eigenvalue weighted by molar-refractivity contribution is 6.30. The van der Waals surface area contributed by atoms with Crippen LogP contribution in [0.4, 0.5) is 9.18 Å². The largest absolute Gasteiger partial charge is 0.444 e. The number of nitrogens with zero attached hydrogens (tertiary/aromatic N) is 4. The van der Waals surface area contributed by atoms with Crippen molar-refractivity contribution in [2.75, 3.05) is 6.54 Å². The smallest absolute Gasteiger partial charge is 0.410 e. The zero-order valence-electron chi connectivity index (χ0n) is 15.8. The molecule has 0 N–H and O–H groups in total. The van der Waals surface area contributed by atoms with Gasteiger partial charge in [0.1, 0.15) is 11.1 Å². The predicted octanol–water partition coefficient (Wildman–Crippen LogP) is 4.17. The number of hydrogen-bond acceptors (Lipinski definition) is 4. The van der Waals surface area contributed by atoms with Crippen LogP contribution in [-0.2, 0) is 11.8 Å². The summed E-state index contributed by atoms with van der Waals surface area (Å²) >= 11 is 5.82. The minimum atomic E-state index is -0.563. The maximum atomic E-state index is 14.4. The molecule has 2 bridgehead atoms. The highest BCUT2D eigenvalue weighted by Gasteiger charge is 2.40. The van der Waals surface area contributed by atoms with E-state index in [1.54, 1.807) is 18.1 Å². The molecule has 3 aliphatic rings. The van der Waals surface area contributed by atoms with Crippen LogP contribution in [-0.4, -0.2) is 43.9 Å². The average molecular weight is 393 g/mol. The molecule has 1 fully saturated rings. The summed E-state index contributed by atoms with van der Waals surface area (Å²) in [5, 5.41) is 5.02. The SMILES string of the molecule is Cn1nc(C2=CC3CCC2CN3C(=O)OC(C)(C)C)c2cnc(Cl)c(F)c21. The molecule has 5 rings (SSSR count). The van der Waals surface area contributed by atoms with Gasteiger partial charge in [-0.2, -0.15) is 5.10 Å². The van der Waals surface area contributed by atoms with Gasteiger partial charge in [0.25, 0.3) is 0 Å². The Labute approximate surface area is 161 Å². The topological polar surface area (TPSA) is 60.2 Å². The number of hydrogen-bond donors (Lipinski definition) is 0. The van der Waals surface area contributed by atoms with Gasteiger partial charge in [-0.3, -0.25) is 4.68 Å². The first-order chi connectivity index (χ1) is 12.7. The molecule has 4 heterocycles. The van der Waals surface area contributed by atoms with Crippen molar-refractivity contribution in [1.29, 1.82) is 0 Å². The molecule has 2 aromatic rings. The number of rotatable bonds is 1. The van der Waals surface area contributed by atoms with Gasteiger partial charge in [-0.25, -0.2) is 14.2 Å². The molecule has 1 aliphatic carbocycles. The van der Waals surface area contributed by atoms with Crippen LogP contribution < -0.4 is 0 Å². The Morgan fingerprint density at radius 2 is 2.11 bits per heavy atom. The number of piperidine rings is 1. The van der Waals surface area contributed by atoms with Gasteiger partial charge in [0, 0.05) is 31.1 Å². The average Bonchev–Trinajstić information content (AvgIpc) is 2.94. The van der Waals surface area contributed by atoms with E-state index in [1.807, 2.05) is 20.8 Å². The Bertz CT molecular complexity index is 963. The van der Waals surface area contributed by atoms with E-state index < -0.39 is 11.4 Å². The molecule has 0 aromatic carbocycles. The van der Waals surface area contributed by atoms with E-state index >= 15 is 0 Å². The lowest BCUT2D eigenvalue weighted by molar-refractivity contribution is 0.00980. The highest BCUT2D eigenvalue weighted by atomic mass is 35.5. The van der Waals surface area contributed by atoms with E-state index in [9.17, 15) is 9.18 Å². The van der Waals surface area contributed by atoms with Crippen molar-refractivity contribution in [2.45, 2.75) is 45.3 Å². The van der Waals surface area contributed by atoms with E-state index in [2.05, 4.69) is 16.2 Å². The molecule has 2 unspecified atom stereocenters. The molecule has 8 heteroatoms. The number of carbonyl (C=O) groups is 1. The van der Waals surface area contributed by atoms with E-state index in [-0.39, 0.29) is 23.2 Å². The van der Waals surface area contributed by atoms with E-state index in [1.165, 1.54) is 4.68 Å². The molecule has 144 valence electrons. The molecule has 2 aliphatic heterocycles.